The van der Waals surface area contributed by atoms with Crippen LogP contribution in [0.15, 0.2) is 18.2 Å². The molecule has 0 radical (unpaired) electrons. The summed E-state index contributed by atoms with van der Waals surface area (Å²) in [6, 6.07) is 4.50. The normalized spacial score (nSPS) is 12.0. The highest BCUT2D eigenvalue weighted by Gasteiger charge is 2.20. The van der Waals surface area contributed by atoms with E-state index in [0.717, 1.165) is 6.26 Å². The highest BCUT2D eigenvalue weighted by atomic mass is 35.5. The fourth-order valence-electron chi connectivity index (χ4n) is 1.87. The lowest BCUT2D eigenvalue weighted by Crippen LogP contribution is -2.38. The van der Waals surface area contributed by atoms with E-state index >= 15 is 0 Å². The molecule has 0 aliphatic carbocycles. The molecule has 1 aromatic rings. The van der Waals surface area contributed by atoms with Gasteiger partial charge in [0.15, 0.2) is 0 Å². The van der Waals surface area contributed by atoms with Gasteiger partial charge in [-0.15, -0.1) is 0 Å². The quantitative estimate of drug-likeness (QED) is 0.855. The van der Waals surface area contributed by atoms with Crippen LogP contribution in [-0.4, -0.2) is 37.5 Å². The summed E-state index contributed by atoms with van der Waals surface area (Å²) in [7, 11) is -3.34. The minimum absolute atomic E-state index is 0.0510. The van der Waals surface area contributed by atoms with Crippen molar-refractivity contribution in [3.8, 4) is 0 Å². The molecule has 0 spiro atoms. The summed E-state index contributed by atoms with van der Waals surface area (Å²) < 4.78 is 24.5. The van der Waals surface area contributed by atoms with E-state index in [1.165, 1.54) is 4.31 Å². The maximum absolute atomic E-state index is 11.9. The number of anilines is 1. The zero-order valence-corrected chi connectivity index (χ0v) is 14.4. The Morgan fingerprint density at radius 1 is 1.24 bits per heavy atom. The van der Waals surface area contributed by atoms with Crippen LogP contribution in [0, 0.1) is 0 Å². The molecule has 0 bridgehead atoms. The van der Waals surface area contributed by atoms with E-state index in [2.05, 4.69) is 5.32 Å². The van der Waals surface area contributed by atoms with Gasteiger partial charge in [0.2, 0.25) is 15.9 Å². The average molecular weight is 353 g/mol. The first-order valence-corrected chi connectivity index (χ1v) is 8.93. The number of carbonyl (C=O) groups excluding carboxylic acids is 1. The summed E-state index contributed by atoms with van der Waals surface area (Å²) in [6.45, 7) is 3.64. The molecule has 0 fully saturated rings. The summed E-state index contributed by atoms with van der Waals surface area (Å²) in [6.07, 6.45) is 1.18. The zero-order valence-electron chi connectivity index (χ0n) is 12.1. The predicted octanol–water partition coefficient (Wildman–Crippen LogP) is 2.99. The van der Waals surface area contributed by atoms with Gasteiger partial charge in [0, 0.05) is 34.7 Å². The number of sulfonamides is 1. The standard InChI is InChI=1S/C13H18Cl2N2O3S/c1-9(2)17(21(3,19)20)5-4-13(18)16-12-7-10(14)6-11(15)8-12/h6-9H,4-5H2,1-3H3,(H,16,18). The predicted molar refractivity (Wildman–Crippen MR) is 86.4 cm³/mol. The molecule has 8 heteroatoms. The number of nitrogens with zero attached hydrogens (tertiary/aromatic N) is 1. The van der Waals surface area contributed by atoms with Crippen LogP contribution in [-0.2, 0) is 14.8 Å². The molecule has 1 amide bonds. The Labute approximate surface area is 135 Å². The molecular formula is C13H18Cl2N2O3S. The maximum Gasteiger partial charge on any atom is 0.225 e. The summed E-state index contributed by atoms with van der Waals surface area (Å²) in [5.74, 6) is -0.303. The molecule has 0 saturated heterocycles. The van der Waals surface area contributed by atoms with Crippen LogP contribution in [0.2, 0.25) is 10.0 Å². The van der Waals surface area contributed by atoms with Gasteiger partial charge in [-0.2, -0.15) is 4.31 Å². The van der Waals surface area contributed by atoms with Crippen molar-refractivity contribution >= 4 is 44.8 Å². The van der Waals surface area contributed by atoms with Crippen LogP contribution in [0.1, 0.15) is 20.3 Å². The maximum atomic E-state index is 11.9. The third kappa shape index (κ3) is 6.22. The SMILES string of the molecule is CC(C)N(CCC(=O)Nc1cc(Cl)cc(Cl)c1)S(C)(=O)=O. The van der Waals surface area contributed by atoms with E-state index in [0.29, 0.717) is 15.7 Å². The van der Waals surface area contributed by atoms with Crippen molar-refractivity contribution in [3.05, 3.63) is 28.2 Å². The molecule has 1 aromatic carbocycles. The molecular weight excluding hydrogens is 335 g/mol. The van der Waals surface area contributed by atoms with Gasteiger partial charge in [0.25, 0.3) is 0 Å². The van der Waals surface area contributed by atoms with E-state index in [1.54, 1.807) is 32.0 Å². The lowest BCUT2D eigenvalue weighted by Gasteiger charge is -2.23. The van der Waals surface area contributed by atoms with Crippen molar-refractivity contribution in [2.45, 2.75) is 26.3 Å². The minimum atomic E-state index is -3.34. The summed E-state index contributed by atoms with van der Waals surface area (Å²) >= 11 is 11.7. The molecule has 5 nitrogen and oxygen atoms in total. The van der Waals surface area contributed by atoms with Crippen molar-refractivity contribution < 1.29 is 13.2 Å². The molecule has 0 unspecified atom stereocenters. The number of halogens is 2. The molecule has 118 valence electrons. The number of hydrogen-bond acceptors (Lipinski definition) is 3. The van der Waals surface area contributed by atoms with Gasteiger partial charge in [0.1, 0.15) is 0 Å². The van der Waals surface area contributed by atoms with E-state index in [-0.39, 0.29) is 24.9 Å². The smallest absolute Gasteiger partial charge is 0.225 e. The molecule has 0 saturated carbocycles. The van der Waals surface area contributed by atoms with Gasteiger partial charge >= 0.3 is 0 Å². The van der Waals surface area contributed by atoms with Crippen molar-refractivity contribution in [1.82, 2.24) is 4.31 Å². The lowest BCUT2D eigenvalue weighted by molar-refractivity contribution is -0.116. The third-order valence-corrected chi connectivity index (χ3v) is 4.60. The Balaban J connectivity index is 2.65. The number of hydrogen-bond donors (Lipinski definition) is 1. The minimum Gasteiger partial charge on any atom is -0.326 e. The van der Waals surface area contributed by atoms with Gasteiger partial charge in [0.05, 0.1) is 6.26 Å². The Morgan fingerprint density at radius 2 is 1.76 bits per heavy atom. The first-order chi connectivity index (χ1) is 9.59. The highest BCUT2D eigenvalue weighted by molar-refractivity contribution is 7.88. The Kier molecular flexibility index (Phi) is 6.46. The number of benzene rings is 1. The highest BCUT2D eigenvalue weighted by Crippen LogP contribution is 2.22. The summed E-state index contributed by atoms with van der Waals surface area (Å²) in [4.78, 5) is 11.9. The largest absolute Gasteiger partial charge is 0.326 e. The lowest BCUT2D eigenvalue weighted by atomic mass is 10.3. The average Bonchev–Trinajstić information content (AvgIpc) is 2.24. The Bertz CT molecular complexity index is 598. The molecule has 0 atom stereocenters. The monoisotopic (exact) mass is 352 g/mol. The molecule has 0 aromatic heterocycles. The second-order valence-corrected chi connectivity index (χ2v) is 7.73. The summed E-state index contributed by atoms with van der Waals surface area (Å²) in [5.41, 5.74) is 0.480. The van der Waals surface area contributed by atoms with Crippen molar-refractivity contribution in [2.75, 3.05) is 18.1 Å². The van der Waals surface area contributed by atoms with Crippen molar-refractivity contribution in [3.63, 3.8) is 0 Å². The van der Waals surface area contributed by atoms with Gasteiger partial charge in [-0.1, -0.05) is 23.2 Å². The topological polar surface area (TPSA) is 66.5 Å². The van der Waals surface area contributed by atoms with E-state index < -0.39 is 10.0 Å². The zero-order chi connectivity index (χ0) is 16.2. The Morgan fingerprint density at radius 3 is 2.19 bits per heavy atom. The van der Waals surface area contributed by atoms with Gasteiger partial charge in [-0.25, -0.2) is 8.42 Å². The molecule has 1 rings (SSSR count). The number of carbonyl (C=O) groups is 1. The van der Waals surface area contributed by atoms with Crippen LogP contribution >= 0.6 is 23.2 Å². The number of amides is 1. The van der Waals surface area contributed by atoms with Crippen molar-refractivity contribution in [1.29, 1.82) is 0 Å². The molecule has 0 heterocycles. The van der Waals surface area contributed by atoms with Gasteiger partial charge in [-0.3, -0.25) is 4.79 Å². The van der Waals surface area contributed by atoms with Crippen LogP contribution in [0.5, 0.6) is 0 Å². The molecule has 0 aliphatic heterocycles. The molecule has 21 heavy (non-hydrogen) atoms. The van der Waals surface area contributed by atoms with Crippen molar-refractivity contribution in [2.24, 2.45) is 0 Å². The first-order valence-electron chi connectivity index (χ1n) is 6.32. The van der Waals surface area contributed by atoms with Crippen LogP contribution < -0.4 is 5.32 Å². The second-order valence-electron chi connectivity index (χ2n) is 4.92. The van der Waals surface area contributed by atoms with E-state index in [1.807, 2.05) is 0 Å². The van der Waals surface area contributed by atoms with E-state index in [9.17, 15) is 13.2 Å². The van der Waals surface area contributed by atoms with E-state index in [4.69, 9.17) is 23.2 Å². The molecule has 0 aliphatic rings. The number of rotatable bonds is 6. The number of nitrogens with one attached hydrogen (secondary N) is 1. The molecule has 1 N–H and O–H groups in total. The van der Waals surface area contributed by atoms with Gasteiger partial charge < -0.3 is 5.32 Å². The second kappa shape index (κ2) is 7.45. The van der Waals surface area contributed by atoms with Gasteiger partial charge in [-0.05, 0) is 32.0 Å². The fourth-order valence-corrected chi connectivity index (χ4v) is 3.58. The van der Waals surface area contributed by atoms with Crippen LogP contribution in [0.4, 0.5) is 5.69 Å². The first kappa shape index (κ1) is 18.2. The third-order valence-electron chi connectivity index (χ3n) is 2.71. The Hall–Kier alpha value is -0.820. The van der Waals surface area contributed by atoms with Crippen LogP contribution in [0.25, 0.3) is 0 Å². The fraction of sp³-hybridized carbons (Fsp3) is 0.462. The van der Waals surface area contributed by atoms with Crippen LogP contribution in [0.3, 0.4) is 0 Å². The summed E-state index contributed by atoms with van der Waals surface area (Å²) in [5, 5.41) is 3.47.